The van der Waals surface area contributed by atoms with Crippen molar-refractivity contribution < 1.29 is 48.4 Å². The van der Waals surface area contributed by atoms with E-state index in [1.165, 1.54) is 0 Å². The highest BCUT2D eigenvalue weighted by Crippen LogP contribution is 2.33. The first-order chi connectivity index (χ1) is 23.8. The summed E-state index contributed by atoms with van der Waals surface area (Å²) in [6.07, 6.45) is 1.27. The monoisotopic (exact) mass is 684 g/mol. The number of benzene rings is 3. The van der Waals surface area contributed by atoms with Crippen LogP contribution in [0, 0.1) is 20.2 Å². The number of carbonyl (C=O) groups excluding carboxylic acids is 2. The predicted molar refractivity (Wildman–Crippen MR) is 178 cm³/mol. The maximum atomic E-state index is 13.1. The van der Waals surface area contributed by atoms with Crippen LogP contribution >= 0.6 is 0 Å². The number of para-hydroxylation sites is 3. The van der Waals surface area contributed by atoms with Crippen LogP contribution in [0.4, 0.5) is 0 Å². The number of fused-ring (bicyclic) bond motifs is 3. The number of aldehydes is 1. The van der Waals surface area contributed by atoms with Crippen LogP contribution in [-0.4, -0.2) is 92.1 Å². The molecule has 0 bridgehead atoms. The second kappa shape index (κ2) is 20.6. The minimum absolute atomic E-state index is 0.00569. The summed E-state index contributed by atoms with van der Waals surface area (Å²) in [7, 11) is 3.13. The van der Waals surface area contributed by atoms with Crippen molar-refractivity contribution in [2.45, 2.75) is 31.8 Å². The molecule has 0 saturated heterocycles. The molecule has 1 aromatic heterocycles. The molecule has 0 saturated carbocycles. The fourth-order valence-electron chi connectivity index (χ4n) is 4.76. The Morgan fingerprint density at radius 3 is 2.18 bits per heavy atom. The van der Waals surface area contributed by atoms with E-state index in [2.05, 4.69) is 14.7 Å². The van der Waals surface area contributed by atoms with Gasteiger partial charge in [-0.3, -0.25) is 4.79 Å². The van der Waals surface area contributed by atoms with Gasteiger partial charge in [0.05, 0.1) is 38.9 Å². The quantitative estimate of drug-likeness (QED) is 0.0546. The number of hydrogen-bond acceptors (Lipinski definition) is 12. The first kappa shape index (κ1) is 37.8. The smallest absolute Gasteiger partial charge is 0.294 e. The average molecular weight is 685 g/mol. The standard InChI is InChI=1S/C29H33N3O8.C4H7NO4/c1-36-21(20-39-27-14-7-11-24-29(27)22-9-3-4-10-23(22)30-24)19-31(28(33)15-8-17-40-32(34)35)16-18-38-26-13-6-5-12-25(26)37-2;6-3-1-2-4-9-5(7)8/h3-7,9-14,21,30H,8,15-20H2,1-2H3;3H,1-2,4H2. The van der Waals surface area contributed by atoms with E-state index in [1.54, 1.807) is 31.3 Å². The minimum atomic E-state index is -0.870. The molecule has 0 radical (unpaired) electrons. The van der Waals surface area contributed by atoms with Gasteiger partial charge in [-0.1, -0.05) is 36.4 Å². The van der Waals surface area contributed by atoms with Crippen LogP contribution in [0.5, 0.6) is 17.2 Å². The molecule has 0 aliphatic rings. The summed E-state index contributed by atoms with van der Waals surface area (Å²) >= 11 is 0. The van der Waals surface area contributed by atoms with Gasteiger partial charge in [-0.25, -0.2) is 0 Å². The number of carbonyl (C=O) groups is 2. The zero-order chi connectivity index (χ0) is 35.4. The van der Waals surface area contributed by atoms with Crippen molar-refractivity contribution in [3.63, 3.8) is 0 Å². The number of nitrogens with one attached hydrogen (secondary N) is 1. The number of hydrogen-bond donors (Lipinski definition) is 1. The molecule has 4 aromatic rings. The van der Waals surface area contributed by atoms with Gasteiger partial charge in [0.15, 0.2) is 11.5 Å². The number of ether oxygens (including phenoxy) is 4. The number of unbranched alkanes of at least 4 members (excludes halogenated alkanes) is 1. The lowest BCUT2D eigenvalue weighted by molar-refractivity contribution is -0.757. The van der Waals surface area contributed by atoms with Crippen molar-refractivity contribution in [2.24, 2.45) is 0 Å². The molecular formula is C33H40N4O12. The van der Waals surface area contributed by atoms with Crippen LogP contribution in [0.2, 0.25) is 0 Å². The lowest BCUT2D eigenvalue weighted by Gasteiger charge is -2.27. The number of nitrogens with zero attached hydrogens (tertiary/aromatic N) is 3. The van der Waals surface area contributed by atoms with E-state index in [-0.39, 0.29) is 58.3 Å². The largest absolute Gasteiger partial charge is 0.493 e. The predicted octanol–water partition coefficient (Wildman–Crippen LogP) is 4.79. The van der Waals surface area contributed by atoms with Gasteiger partial charge >= 0.3 is 0 Å². The molecule has 16 heteroatoms. The number of H-pyrrole nitrogens is 1. The number of rotatable bonds is 21. The Balaban J connectivity index is 0.000000635. The summed E-state index contributed by atoms with van der Waals surface area (Å²) in [5.74, 6) is 1.67. The van der Waals surface area contributed by atoms with Crippen molar-refractivity contribution in [1.29, 1.82) is 0 Å². The molecule has 4 rings (SSSR count). The highest BCUT2D eigenvalue weighted by molar-refractivity contribution is 6.10. The number of methoxy groups -OCH3 is 2. The lowest BCUT2D eigenvalue weighted by Crippen LogP contribution is -2.42. The van der Waals surface area contributed by atoms with Crippen molar-refractivity contribution in [3.8, 4) is 17.2 Å². The number of amides is 1. The molecule has 3 aromatic carbocycles. The highest BCUT2D eigenvalue weighted by Gasteiger charge is 2.21. The van der Waals surface area contributed by atoms with E-state index in [4.69, 9.17) is 18.9 Å². The maximum absolute atomic E-state index is 13.1. The van der Waals surface area contributed by atoms with Crippen molar-refractivity contribution in [2.75, 3.05) is 53.7 Å². The summed E-state index contributed by atoms with van der Waals surface area (Å²) in [5.41, 5.74) is 1.99. The number of aromatic nitrogens is 1. The van der Waals surface area contributed by atoms with Gasteiger partial charge in [0, 0.05) is 36.2 Å². The third-order valence-corrected chi connectivity index (χ3v) is 7.11. The third kappa shape index (κ3) is 12.5. The van der Waals surface area contributed by atoms with E-state index in [0.29, 0.717) is 36.4 Å². The minimum Gasteiger partial charge on any atom is -0.493 e. The normalized spacial score (nSPS) is 11.1. The number of aromatic amines is 1. The third-order valence-electron chi connectivity index (χ3n) is 7.11. The molecule has 1 atom stereocenters. The Kier molecular flexibility index (Phi) is 15.9. The summed E-state index contributed by atoms with van der Waals surface area (Å²) in [6, 6.07) is 21.1. The first-order valence-corrected chi connectivity index (χ1v) is 15.4. The Morgan fingerprint density at radius 2 is 1.49 bits per heavy atom. The van der Waals surface area contributed by atoms with E-state index >= 15 is 0 Å². The molecule has 1 heterocycles. The molecule has 0 fully saturated rings. The highest BCUT2D eigenvalue weighted by atomic mass is 17.0. The molecule has 1 unspecified atom stereocenters. The van der Waals surface area contributed by atoms with Gasteiger partial charge < -0.3 is 43.3 Å². The Hall–Kier alpha value is -5.64. The summed E-state index contributed by atoms with van der Waals surface area (Å²) in [6.45, 7) is 0.775. The second-order valence-electron chi connectivity index (χ2n) is 10.4. The Morgan fingerprint density at radius 1 is 0.837 bits per heavy atom. The van der Waals surface area contributed by atoms with Gasteiger partial charge in [0.2, 0.25) is 5.91 Å². The molecular weight excluding hydrogens is 644 g/mol. The van der Waals surface area contributed by atoms with E-state index in [0.717, 1.165) is 21.8 Å². The van der Waals surface area contributed by atoms with Crippen LogP contribution in [0.3, 0.4) is 0 Å². The Bertz CT molecular complexity index is 1650. The van der Waals surface area contributed by atoms with E-state index < -0.39 is 16.3 Å². The topological polar surface area (TPSA) is 195 Å². The molecule has 1 N–H and O–H groups in total. The molecule has 0 spiro atoms. The molecule has 49 heavy (non-hydrogen) atoms. The van der Waals surface area contributed by atoms with Crippen LogP contribution < -0.4 is 14.2 Å². The molecule has 0 aliphatic heterocycles. The summed E-state index contributed by atoms with van der Waals surface area (Å²) in [5, 5.41) is 20.2. The maximum Gasteiger partial charge on any atom is 0.294 e. The lowest BCUT2D eigenvalue weighted by atomic mass is 10.1. The Labute approximate surface area is 282 Å². The van der Waals surface area contributed by atoms with Gasteiger partial charge in [0.25, 0.3) is 10.2 Å². The average Bonchev–Trinajstić information content (AvgIpc) is 3.49. The van der Waals surface area contributed by atoms with Crippen LogP contribution in [-0.2, 0) is 24.0 Å². The van der Waals surface area contributed by atoms with Gasteiger partial charge in [-0.05, 0) is 43.2 Å². The van der Waals surface area contributed by atoms with Gasteiger partial charge in [-0.15, -0.1) is 20.2 Å². The van der Waals surface area contributed by atoms with Crippen LogP contribution in [0.15, 0.2) is 66.7 Å². The second-order valence-corrected chi connectivity index (χ2v) is 10.4. The van der Waals surface area contributed by atoms with E-state index in [9.17, 15) is 29.8 Å². The summed E-state index contributed by atoms with van der Waals surface area (Å²) < 4.78 is 23.1. The van der Waals surface area contributed by atoms with Crippen molar-refractivity contribution in [1.82, 2.24) is 9.88 Å². The molecule has 1 amide bonds. The van der Waals surface area contributed by atoms with Gasteiger partial charge in [-0.2, -0.15) is 0 Å². The fraction of sp³-hybridized carbons (Fsp3) is 0.394. The molecule has 264 valence electrons. The van der Waals surface area contributed by atoms with Crippen LogP contribution in [0.1, 0.15) is 25.7 Å². The summed E-state index contributed by atoms with van der Waals surface area (Å²) in [4.78, 5) is 55.9. The van der Waals surface area contributed by atoms with E-state index in [1.807, 2.05) is 54.6 Å². The molecule has 16 nitrogen and oxygen atoms in total. The molecule has 0 aliphatic carbocycles. The van der Waals surface area contributed by atoms with Gasteiger partial charge in [0.1, 0.15) is 31.4 Å². The fourth-order valence-corrected chi connectivity index (χ4v) is 4.76. The first-order valence-electron chi connectivity index (χ1n) is 15.4. The zero-order valence-corrected chi connectivity index (χ0v) is 27.3. The van der Waals surface area contributed by atoms with Crippen molar-refractivity contribution >= 4 is 34.0 Å². The van der Waals surface area contributed by atoms with Crippen LogP contribution in [0.25, 0.3) is 21.8 Å². The zero-order valence-electron chi connectivity index (χ0n) is 27.3. The van der Waals surface area contributed by atoms with Crippen molar-refractivity contribution in [3.05, 3.63) is 87.0 Å². The SMILES string of the molecule is COc1ccccc1OCCN(CC(COc1cccc2[nH]c3ccccc3c12)OC)C(=O)CCCO[N+](=O)[O-].O=CCCCO[N+](=O)[O-].